The van der Waals surface area contributed by atoms with E-state index in [4.69, 9.17) is 10.8 Å². The van der Waals surface area contributed by atoms with E-state index in [2.05, 4.69) is 10.4 Å². The average Bonchev–Trinajstić information content (AvgIpc) is 3.14. The van der Waals surface area contributed by atoms with Crippen molar-refractivity contribution < 1.29 is 0 Å². The molecule has 0 aliphatic carbocycles. The van der Waals surface area contributed by atoms with Crippen molar-refractivity contribution >= 4 is 17.7 Å². The zero-order valence-corrected chi connectivity index (χ0v) is 13.0. The van der Waals surface area contributed by atoms with Gasteiger partial charge < -0.3 is 10.7 Å². The summed E-state index contributed by atoms with van der Waals surface area (Å²) in [6, 6.07) is 19.5. The Morgan fingerprint density at radius 1 is 0.958 bits per heavy atom. The average molecular weight is 315 g/mol. The van der Waals surface area contributed by atoms with Crippen molar-refractivity contribution in [1.82, 2.24) is 15.1 Å². The maximum Gasteiger partial charge on any atom is 0.220 e. The SMILES string of the molecule is N=C/C(=C\NC(=N)n1cc(-c2ccccc2)cn1)c1ccccc1. The Labute approximate surface area is 140 Å². The fourth-order valence-electron chi connectivity index (χ4n) is 2.28. The molecule has 0 aliphatic rings. The smallest absolute Gasteiger partial charge is 0.220 e. The molecule has 0 atom stereocenters. The molecule has 0 fully saturated rings. The zero-order valence-electron chi connectivity index (χ0n) is 13.0. The van der Waals surface area contributed by atoms with Crippen LogP contribution in [0.5, 0.6) is 0 Å². The molecule has 0 unspecified atom stereocenters. The number of nitrogens with one attached hydrogen (secondary N) is 3. The summed E-state index contributed by atoms with van der Waals surface area (Å²) < 4.78 is 1.46. The van der Waals surface area contributed by atoms with Gasteiger partial charge in [0, 0.05) is 29.7 Å². The Morgan fingerprint density at radius 2 is 1.62 bits per heavy atom. The third-order valence-corrected chi connectivity index (χ3v) is 3.55. The minimum absolute atomic E-state index is 0.118. The van der Waals surface area contributed by atoms with Gasteiger partial charge in [-0.1, -0.05) is 60.7 Å². The van der Waals surface area contributed by atoms with Gasteiger partial charge in [0.15, 0.2) is 0 Å². The van der Waals surface area contributed by atoms with Gasteiger partial charge in [-0.25, -0.2) is 4.68 Å². The Hall–Kier alpha value is -3.47. The van der Waals surface area contributed by atoms with E-state index in [1.54, 1.807) is 18.6 Å². The van der Waals surface area contributed by atoms with Crippen molar-refractivity contribution in [2.24, 2.45) is 0 Å². The third-order valence-electron chi connectivity index (χ3n) is 3.55. The minimum Gasteiger partial charge on any atom is -0.331 e. The number of benzene rings is 2. The van der Waals surface area contributed by atoms with Crippen LogP contribution in [0.1, 0.15) is 5.56 Å². The number of rotatable bonds is 4. The Morgan fingerprint density at radius 3 is 2.29 bits per heavy atom. The second kappa shape index (κ2) is 7.19. The summed E-state index contributed by atoms with van der Waals surface area (Å²) in [7, 11) is 0. The number of nitrogens with zero attached hydrogens (tertiary/aromatic N) is 2. The molecular formula is C19H17N5. The highest BCUT2D eigenvalue weighted by Crippen LogP contribution is 2.17. The highest BCUT2D eigenvalue weighted by Gasteiger charge is 2.05. The van der Waals surface area contributed by atoms with Crippen LogP contribution < -0.4 is 5.32 Å². The fourth-order valence-corrected chi connectivity index (χ4v) is 2.28. The van der Waals surface area contributed by atoms with Gasteiger partial charge in [-0.15, -0.1) is 0 Å². The van der Waals surface area contributed by atoms with Crippen LogP contribution in [0.4, 0.5) is 0 Å². The number of hydrogen-bond donors (Lipinski definition) is 3. The maximum absolute atomic E-state index is 8.11. The molecule has 24 heavy (non-hydrogen) atoms. The molecule has 0 spiro atoms. The van der Waals surface area contributed by atoms with Crippen LogP contribution in [0.25, 0.3) is 16.7 Å². The summed E-state index contributed by atoms with van der Waals surface area (Å²) in [5.74, 6) is 0.118. The zero-order chi connectivity index (χ0) is 16.8. The van der Waals surface area contributed by atoms with E-state index in [9.17, 15) is 0 Å². The lowest BCUT2D eigenvalue weighted by Crippen LogP contribution is -2.25. The maximum atomic E-state index is 8.11. The Balaban J connectivity index is 1.75. The molecule has 0 amide bonds. The summed E-state index contributed by atoms with van der Waals surface area (Å²) in [4.78, 5) is 0. The van der Waals surface area contributed by atoms with Crippen LogP contribution in [0.2, 0.25) is 0 Å². The second-order valence-electron chi connectivity index (χ2n) is 5.14. The number of hydrogen-bond acceptors (Lipinski definition) is 3. The minimum atomic E-state index is 0.118. The van der Waals surface area contributed by atoms with Crippen molar-refractivity contribution in [3.8, 4) is 11.1 Å². The fraction of sp³-hybridized carbons (Fsp3) is 0. The Kier molecular flexibility index (Phi) is 4.62. The predicted molar refractivity (Wildman–Crippen MR) is 97.1 cm³/mol. The third kappa shape index (κ3) is 3.47. The lowest BCUT2D eigenvalue weighted by atomic mass is 10.1. The van der Waals surface area contributed by atoms with E-state index in [0.717, 1.165) is 16.7 Å². The van der Waals surface area contributed by atoms with Gasteiger partial charge >= 0.3 is 0 Å². The van der Waals surface area contributed by atoms with Crippen LogP contribution in [0.3, 0.4) is 0 Å². The van der Waals surface area contributed by atoms with E-state index < -0.39 is 0 Å². The highest BCUT2D eigenvalue weighted by atomic mass is 15.3. The number of allylic oxidation sites excluding steroid dienone is 1. The largest absolute Gasteiger partial charge is 0.331 e. The first kappa shape index (κ1) is 15.4. The van der Waals surface area contributed by atoms with Crippen LogP contribution >= 0.6 is 0 Å². The van der Waals surface area contributed by atoms with Gasteiger partial charge in [-0.2, -0.15) is 5.10 Å². The van der Waals surface area contributed by atoms with Crippen molar-refractivity contribution in [2.45, 2.75) is 0 Å². The lowest BCUT2D eigenvalue weighted by Gasteiger charge is -2.05. The highest BCUT2D eigenvalue weighted by molar-refractivity contribution is 6.08. The quantitative estimate of drug-likeness (QED) is 0.508. The summed E-state index contributed by atoms with van der Waals surface area (Å²) >= 11 is 0. The van der Waals surface area contributed by atoms with Crippen LogP contribution in [-0.4, -0.2) is 22.0 Å². The molecule has 0 radical (unpaired) electrons. The molecule has 0 saturated carbocycles. The molecular weight excluding hydrogens is 298 g/mol. The summed E-state index contributed by atoms with van der Waals surface area (Å²) in [6.07, 6.45) is 6.41. The van der Waals surface area contributed by atoms with Crippen molar-refractivity contribution in [1.29, 1.82) is 10.8 Å². The number of aromatic nitrogens is 2. The van der Waals surface area contributed by atoms with Crippen LogP contribution in [0.15, 0.2) is 79.3 Å². The molecule has 5 heteroatoms. The van der Waals surface area contributed by atoms with E-state index >= 15 is 0 Å². The Bertz CT molecular complexity index is 863. The van der Waals surface area contributed by atoms with Gasteiger partial charge in [-0.05, 0) is 11.1 Å². The van der Waals surface area contributed by atoms with E-state index in [1.165, 1.54) is 10.9 Å². The first-order valence-corrected chi connectivity index (χ1v) is 7.49. The molecule has 3 rings (SSSR count). The topological polar surface area (TPSA) is 77.5 Å². The lowest BCUT2D eigenvalue weighted by molar-refractivity contribution is 0.883. The molecule has 3 N–H and O–H groups in total. The van der Waals surface area contributed by atoms with Crippen molar-refractivity contribution in [2.75, 3.05) is 0 Å². The summed E-state index contributed by atoms with van der Waals surface area (Å²) in [5, 5.41) is 22.7. The van der Waals surface area contributed by atoms with E-state index in [1.807, 2.05) is 60.7 Å². The summed E-state index contributed by atoms with van der Waals surface area (Å²) in [5.41, 5.74) is 3.60. The molecule has 0 aliphatic heterocycles. The van der Waals surface area contributed by atoms with E-state index in [-0.39, 0.29) is 5.96 Å². The molecule has 2 aromatic carbocycles. The van der Waals surface area contributed by atoms with Crippen LogP contribution in [0, 0.1) is 10.8 Å². The molecule has 5 nitrogen and oxygen atoms in total. The molecule has 0 bridgehead atoms. The predicted octanol–water partition coefficient (Wildman–Crippen LogP) is 3.61. The second-order valence-corrected chi connectivity index (χ2v) is 5.14. The normalized spacial score (nSPS) is 11.1. The van der Waals surface area contributed by atoms with Gasteiger partial charge in [0.25, 0.3) is 0 Å². The van der Waals surface area contributed by atoms with E-state index in [0.29, 0.717) is 5.57 Å². The van der Waals surface area contributed by atoms with Crippen LogP contribution in [-0.2, 0) is 0 Å². The van der Waals surface area contributed by atoms with Gasteiger partial charge in [0.05, 0.1) is 6.20 Å². The first-order valence-electron chi connectivity index (χ1n) is 7.49. The molecule has 1 heterocycles. The molecule has 1 aromatic heterocycles. The van der Waals surface area contributed by atoms with Crippen molar-refractivity contribution in [3.63, 3.8) is 0 Å². The molecule has 3 aromatic rings. The monoisotopic (exact) mass is 315 g/mol. The van der Waals surface area contributed by atoms with Gasteiger partial charge in [0.1, 0.15) is 0 Å². The van der Waals surface area contributed by atoms with Gasteiger partial charge in [0.2, 0.25) is 5.96 Å². The van der Waals surface area contributed by atoms with Gasteiger partial charge in [-0.3, -0.25) is 5.41 Å². The molecule has 0 saturated heterocycles. The summed E-state index contributed by atoms with van der Waals surface area (Å²) in [6.45, 7) is 0. The van der Waals surface area contributed by atoms with Crippen molar-refractivity contribution in [3.05, 3.63) is 84.8 Å². The standard InChI is InChI=1S/C19H17N5/c20-11-17(15-7-3-1-4-8-15)12-22-19(21)24-14-18(13-23-24)16-9-5-2-6-10-16/h1-14,20H,(H2,21,22)/b17-12+,20-11?. The first-order chi connectivity index (χ1) is 11.8. The molecule has 118 valence electrons.